The van der Waals surface area contributed by atoms with Crippen LogP contribution in [-0.2, 0) is 4.74 Å². The number of Topliss-reactive ketones (excluding diaryl/α,β-unsaturated/α-hetero) is 1. The molecule has 4 heteroatoms. The van der Waals surface area contributed by atoms with Gasteiger partial charge in [0.25, 0.3) is 0 Å². The van der Waals surface area contributed by atoms with Crippen LogP contribution in [0.3, 0.4) is 0 Å². The summed E-state index contributed by atoms with van der Waals surface area (Å²) < 4.78 is 10.8. The van der Waals surface area contributed by atoms with E-state index in [1.165, 1.54) is 0 Å². The molecule has 0 heterocycles. The third-order valence-corrected chi connectivity index (χ3v) is 2.68. The zero-order valence-corrected chi connectivity index (χ0v) is 12.6. The van der Waals surface area contributed by atoms with Gasteiger partial charge in [-0.05, 0) is 58.0 Å². The quantitative estimate of drug-likeness (QED) is 0.528. The van der Waals surface area contributed by atoms with Gasteiger partial charge in [0.15, 0.2) is 5.78 Å². The number of hydrogen-bond donors (Lipinski definition) is 1. The van der Waals surface area contributed by atoms with Crippen LogP contribution in [0.15, 0.2) is 24.3 Å². The van der Waals surface area contributed by atoms with Crippen molar-refractivity contribution in [2.24, 2.45) is 0 Å². The Morgan fingerprint density at radius 2 is 1.95 bits per heavy atom. The highest BCUT2D eigenvalue weighted by molar-refractivity contribution is 5.97. The maximum atomic E-state index is 11.9. The molecule has 1 aromatic rings. The van der Waals surface area contributed by atoms with Gasteiger partial charge in [-0.1, -0.05) is 0 Å². The first-order valence-electron chi connectivity index (χ1n) is 7.22. The lowest BCUT2D eigenvalue weighted by Gasteiger charge is -2.10. The van der Waals surface area contributed by atoms with Crippen molar-refractivity contribution >= 4 is 5.78 Å². The number of carbonyl (C=O) groups excluding carboxylic acids is 1. The zero-order valence-electron chi connectivity index (χ0n) is 12.6. The molecule has 4 nitrogen and oxygen atoms in total. The van der Waals surface area contributed by atoms with Crippen LogP contribution < -0.4 is 10.1 Å². The van der Waals surface area contributed by atoms with Crippen LogP contribution in [0.5, 0.6) is 5.75 Å². The summed E-state index contributed by atoms with van der Waals surface area (Å²) in [5.74, 6) is 0.888. The fourth-order valence-corrected chi connectivity index (χ4v) is 1.74. The molecule has 0 aromatic heterocycles. The van der Waals surface area contributed by atoms with Gasteiger partial charge in [0.1, 0.15) is 5.75 Å². The monoisotopic (exact) mass is 279 g/mol. The SMILES string of the molecule is CCOCCCNCC(=O)c1ccc(OC(C)C)cc1. The summed E-state index contributed by atoms with van der Waals surface area (Å²) in [4.78, 5) is 11.9. The van der Waals surface area contributed by atoms with Gasteiger partial charge in [-0.15, -0.1) is 0 Å². The van der Waals surface area contributed by atoms with Gasteiger partial charge >= 0.3 is 0 Å². The van der Waals surface area contributed by atoms with Gasteiger partial charge in [0.05, 0.1) is 12.6 Å². The van der Waals surface area contributed by atoms with Gasteiger partial charge in [-0.2, -0.15) is 0 Å². The predicted octanol–water partition coefficient (Wildman–Crippen LogP) is 2.67. The third-order valence-electron chi connectivity index (χ3n) is 2.68. The van der Waals surface area contributed by atoms with E-state index in [0.717, 1.165) is 31.9 Å². The Kier molecular flexibility index (Phi) is 7.92. The second-order valence-corrected chi connectivity index (χ2v) is 4.84. The lowest BCUT2D eigenvalue weighted by atomic mass is 10.1. The normalized spacial score (nSPS) is 10.8. The molecular formula is C16H25NO3. The molecule has 1 rings (SSSR count). The Morgan fingerprint density at radius 3 is 2.55 bits per heavy atom. The second-order valence-electron chi connectivity index (χ2n) is 4.84. The number of ether oxygens (including phenoxy) is 2. The van der Waals surface area contributed by atoms with Crippen molar-refractivity contribution in [2.45, 2.75) is 33.3 Å². The van der Waals surface area contributed by atoms with Gasteiger partial charge < -0.3 is 14.8 Å². The van der Waals surface area contributed by atoms with Gasteiger partial charge in [0.2, 0.25) is 0 Å². The first-order chi connectivity index (χ1) is 9.63. The van der Waals surface area contributed by atoms with Crippen LogP contribution in [0.1, 0.15) is 37.6 Å². The number of rotatable bonds is 10. The molecule has 112 valence electrons. The van der Waals surface area contributed by atoms with E-state index in [0.29, 0.717) is 12.1 Å². The summed E-state index contributed by atoms with van der Waals surface area (Å²) in [5, 5.41) is 3.13. The van der Waals surface area contributed by atoms with E-state index in [4.69, 9.17) is 9.47 Å². The largest absolute Gasteiger partial charge is 0.491 e. The minimum atomic E-state index is 0.0949. The first kappa shape index (κ1) is 16.7. The molecule has 1 N–H and O–H groups in total. The summed E-state index contributed by atoms with van der Waals surface area (Å²) >= 11 is 0. The Hall–Kier alpha value is -1.39. The van der Waals surface area contributed by atoms with Crippen molar-refractivity contribution in [1.29, 1.82) is 0 Å². The minimum Gasteiger partial charge on any atom is -0.491 e. The summed E-state index contributed by atoms with van der Waals surface area (Å²) in [6.07, 6.45) is 1.06. The average Bonchev–Trinajstić information content (AvgIpc) is 2.42. The van der Waals surface area contributed by atoms with Crippen LogP contribution in [0.25, 0.3) is 0 Å². The minimum absolute atomic E-state index is 0.0949. The molecule has 1 aromatic carbocycles. The van der Waals surface area contributed by atoms with Crippen LogP contribution >= 0.6 is 0 Å². The molecular weight excluding hydrogens is 254 g/mol. The standard InChI is InChI=1S/C16H25NO3/c1-4-19-11-5-10-17-12-16(18)14-6-8-15(9-7-14)20-13(2)3/h6-9,13,17H,4-5,10-12H2,1-3H3. The summed E-state index contributed by atoms with van der Waals surface area (Å²) in [5.41, 5.74) is 0.707. The topological polar surface area (TPSA) is 47.6 Å². The molecule has 0 amide bonds. The highest BCUT2D eigenvalue weighted by Gasteiger charge is 2.05. The molecule has 0 aliphatic carbocycles. The van der Waals surface area contributed by atoms with E-state index >= 15 is 0 Å². The number of ketones is 1. The smallest absolute Gasteiger partial charge is 0.176 e. The fraction of sp³-hybridized carbons (Fsp3) is 0.562. The molecule has 0 atom stereocenters. The molecule has 0 spiro atoms. The van der Waals surface area contributed by atoms with E-state index in [-0.39, 0.29) is 11.9 Å². The summed E-state index contributed by atoms with van der Waals surface area (Å²) in [6, 6.07) is 7.29. The van der Waals surface area contributed by atoms with E-state index in [2.05, 4.69) is 5.32 Å². The second kappa shape index (κ2) is 9.50. The maximum Gasteiger partial charge on any atom is 0.176 e. The van der Waals surface area contributed by atoms with Crippen molar-refractivity contribution < 1.29 is 14.3 Å². The van der Waals surface area contributed by atoms with E-state index in [1.54, 1.807) is 0 Å². The van der Waals surface area contributed by atoms with Crippen molar-refractivity contribution in [3.63, 3.8) is 0 Å². The molecule has 0 bridgehead atoms. The van der Waals surface area contributed by atoms with Gasteiger partial charge in [-0.3, -0.25) is 4.79 Å². The van der Waals surface area contributed by atoms with Crippen molar-refractivity contribution in [2.75, 3.05) is 26.3 Å². The molecule has 0 fully saturated rings. The highest BCUT2D eigenvalue weighted by Crippen LogP contribution is 2.13. The summed E-state index contributed by atoms with van der Waals surface area (Å²) in [6.45, 7) is 8.56. The Bertz CT molecular complexity index is 387. The number of benzene rings is 1. The predicted molar refractivity (Wildman–Crippen MR) is 80.5 cm³/mol. The molecule has 0 aliphatic heterocycles. The number of carbonyl (C=O) groups is 1. The fourth-order valence-electron chi connectivity index (χ4n) is 1.74. The van der Waals surface area contributed by atoms with E-state index < -0.39 is 0 Å². The third kappa shape index (κ3) is 6.68. The molecule has 0 radical (unpaired) electrons. The first-order valence-corrected chi connectivity index (χ1v) is 7.22. The van der Waals surface area contributed by atoms with Crippen LogP contribution in [0.2, 0.25) is 0 Å². The molecule has 0 saturated heterocycles. The maximum absolute atomic E-state index is 11.9. The van der Waals surface area contributed by atoms with Crippen LogP contribution in [0, 0.1) is 0 Å². The Morgan fingerprint density at radius 1 is 1.25 bits per heavy atom. The molecule has 20 heavy (non-hydrogen) atoms. The van der Waals surface area contributed by atoms with Crippen LogP contribution in [-0.4, -0.2) is 38.2 Å². The van der Waals surface area contributed by atoms with Gasteiger partial charge in [0, 0.05) is 18.8 Å². The van der Waals surface area contributed by atoms with E-state index in [1.807, 2.05) is 45.0 Å². The van der Waals surface area contributed by atoms with Gasteiger partial charge in [-0.25, -0.2) is 0 Å². The highest BCUT2D eigenvalue weighted by atomic mass is 16.5. The lowest BCUT2D eigenvalue weighted by Crippen LogP contribution is -2.24. The van der Waals surface area contributed by atoms with Crippen molar-refractivity contribution in [3.05, 3.63) is 29.8 Å². The Labute approximate surface area is 121 Å². The average molecular weight is 279 g/mol. The van der Waals surface area contributed by atoms with E-state index in [9.17, 15) is 4.79 Å². The molecule has 0 saturated carbocycles. The van der Waals surface area contributed by atoms with Crippen molar-refractivity contribution in [3.8, 4) is 5.75 Å². The zero-order chi connectivity index (χ0) is 14.8. The van der Waals surface area contributed by atoms with Crippen molar-refractivity contribution in [1.82, 2.24) is 5.32 Å². The lowest BCUT2D eigenvalue weighted by molar-refractivity contribution is 0.0988. The molecule has 0 unspecified atom stereocenters. The number of nitrogens with one attached hydrogen (secondary N) is 1. The summed E-state index contributed by atoms with van der Waals surface area (Å²) in [7, 11) is 0. The number of hydrogen-bond acceptors (Lipinski definition) is 4. The van der Waals surface area contributed by atoms with Crippen LogP contribution in [0.4, 0.5) is 0 Å². The molecule has 0 aliphatic rings. The Balaban J connectivity index is 2.29.